The number of benzene rings is 2. The van der Waals surface area contributed by atoms with Crippen molar-refractivity contribution in [2.75, 3.05) is 6.61 Å². The summed E-state index contributed by atoms with van der Waals surface area (Å²) in [6.45, 7) is 4.56. The fourth-order valence-corrected chi connectivity index (χ4v) is 2.29. The molecule has 0 amide bonds. The number of aryl methyl sites for hydroxylation is 1. The second-order valence-corrected chi connectivity index (χ2v) is 5.46. The lowest BCUT2D eigenvalue weighted by Gasteiger charge is -2.02. The summed E-state index contributed by atoms with van der Waals surface area (Å²) in [7, 11) is 0. The highest BCUT2D eigenvalue weighted by Gasteiger charge is 2.13. The smallest absolute Gasteiger partial charge is 0.268 e. The Balaban J connectivity index is 1.86. The number of nitriles is 1. The van der Waals surface area contributed by atoms with Crippen molar-refractivity contribution in [2.45, 2.75) is 13.8 Å². The Kier molecular flexibility index (Phi) is 4.91. The van der Waals surface area contributed by atoms with E-state index < -0.39 is 0 Å². The number of hydrogen-bond acceptors (Lipinski definition) is 5. The molecule has 1 aromatic heterocycles. The molecule has 2 aromatic carbocycles. The lowest BCUT2D eigenvalue weighted by Crippen LogP contribution is -1.90. The van der Waals surface area contributed by atoms with Gasteiger partial charge in [0.05, 0.1) is 6.61 Å². The Bertz CT molecular complexity index is 917. The number of hydrogen-bond donors (Lipinski definition) is 0. The zero-order valence-corrected chi connectivity index (χ0v) is 14.1. The number of ether oxygens (including phenoxy) is 1. The molecule has 0 atom stereocenters. The molecule has 0 aliphatic heterocycles. The van der Waals surface area contributed by atoms with Gasteiger partial charge in [-0.05, 0) is 37.6 Å². The van der Waals surface area contributed by atoms with E-state index in [2.05, 4.69) is 16.2 Å². The molecule has 0 aliphatic carbocycles. The molecular weight excluding hydrogens is 314 g/mol. The largest absolute Gasteiger partial charge is 0.494 e. The van der Waals surface area contributed by atoms with E-state index in [1.807, 2.05) is 62.4 Å². The maximum Gasteiger partial charge on any atom is 0.268 e. The second-order valence-electron chi connectivity index (χ2n) is 5.46. The fourth-order valence-electron chi connectivity index (χ4n) is 2.29. The van der Waals surface area contributed by atoms with Gasteiger partial charge < -0.3 is 9.26 Å². The summed E-state index contributed by atoms with van der Waals surface area (Å²) in [6.07, 6.45) is 1.71. The highest BCUT2D eigenvalue weighted by atomic mass is 16.5. The molecule has 0 fully saturated rings. The molecule has 3 rings (SSSR count). The van der Waals surface area contributed by atoms with Crippen LogP contribution in [-0.4, -0.2) is 16.7 Å². The first-order valence-electron chi connectivity index (χ1n) is 7.95. The van der Waals surface area contributed by atoms with Gasteiger partial charge in [0.15, 0.2) is 0 Å². The lowest BCUT2D eigenvalue weighted by molar-refractivity contribution is 0.340. The molecule has 25 heavy (non-hydrogen) atoms. The molecule has 5 heteroatoms. The van der Waals surface area contributed by atoms with Crippen molar-refractivity contribution in [3.8, 4) is 23.2 Å². The third-order valence-corrected chi connectivity index (χ3v) is 3.59. The van der Waals surface area contributed by atoms with E-state index >= 15 is 0 Å². The minimum atomic E-state index is 0.201. The van der Waals surface area contributed by atoms with Gasteiger partial charge in [-0.1, -0.05) is 47.1 Å². The quantitative estimate of drug-likeness (QED) is 0.643. The van der Waals surface area contributed by atoms with E-state index in [0.29, 0.717) is 18.0 Å². The summed E-state index contributed by atoms with van der Waals surface area (Å²) in [5.74, 6) is 1.45. The summed E-state index contributed by atoms with van der Waals surface area (Å²) in [4.78, 5) is 4.33. The van der Waals surface area contributed by atoms with Crippen LogP contribution >= 0.6 is 0 Å². The summed E-state index contributed by atoms with van der Waals surface area (Å²) in [5.41, 5.74) is 3.17. The highest BCUT2D eigenvalue weighted by Crippen LogP contribution is 2.22. The van der Waals surface area contributed by atoms with E-state index in [9.17, 15) is 5.26 Å². The van der Waals surface area contributed by atoms with Crippen LogP contribution in [-0.2, 0) is 0 Å². The molecule has 0 saturated carbocycles. The van der Waals surface area contributed by atoms with Crippen LogP contribution in [0.2, 0.25) is 0 Å². The van der Waals surface area contributed by atoms with Gasteiger partial charge in [0.25, 0.3) is 5.89 Å². The van der Waals surface area contributed by atoms with Crippen LogP contribution in [0.3, 0.4) is 0 Å². The molecule has 0 spiro atoms. The van der Waals surface area contributed by atoms with Gasteiger partial charge >= 0.3 is 0 Å². The maximum absolute atomic E-state index is 9.43. The molecule has 0 bridgehead atoms. The van der Waals surface area contributed by atoms with Crippen LogP contribution in [0.25, 0.3) is 23.0 Å². The number of rotatable bonds is 5. The predicted octanol–water partition coefficient (Wildman–Crippen LogP) is 4.51. The second kappa shape index (κ2) is 7.45. The summed E-state index contributed by atoms with van der Waals surface area (Å²) in [6, 6.07) is 17.4. The monoisotopic (exact) mass is 331 g/mol. The van der Waals surface area contributed by atoms with Crippen molar-refractivity contribution < 1.29 is 9.26 Å². The van der Waals surface area contributed by atoms with E-state index in [1.54, 1.807) is 6.08 Å². The van der Waals surface area contributed by atoms with Crippen molar-refractivity contribution in [1.82, 2.24) is 10.1 Å². The fraction of sp³-hybridized carbons (Fsp3) is 0.150. The third-order valence-electron chi connectivity index (χ3n) is 3.59. The lowest BCUT2D eigenvalue weighted by atomic mass is 10.1. The topological polar surface area (TPSA) is 71.9 Å². The van der Waals surface area contributed by atoms with Crippen LogP contribution < -0.4 is 4.74 Å². The van der Waals surface area contributed by atoms with Crippen molar-refractivity contribution in [1.29, 1.82) is 5.26 Å². The molecule has 1 heterocycles. The van der Waals surface area contributed by atoms with Crippen LogP contribution in [0, 0.1) is 18.3 Å². The van der Waals surface area contributed by atoms with E-state index in [-0.39, 0.29) is 5.89 Å². The molecule has 0 saturated heterocycles. The summed E-state index contributed by atoms with van der Waals surface area (Å²) >= 11 is 0. The van der Waals surface area contributed by atoms with Gasteiger partial charge in [-0.15, -0.1) is 0 Å². The first-order valence-corrected chi connectivity index (χ1v) is 7.95. The Morgan fingerprint density at radius 3 is 2.52 bits per heavy atom. The molecule has 5 nitrogen and oxygen atoms in total. The highest BCUT2D eigenvalue weighted by molar-refractivity contribution is 5.86. The van der Waals surface area contributed by atoms with Crippen LogP contribution in [0.5, 0.6) is 5.75 Å². The van der Waals surface area contributed by atoms with Gasteiger partial charge in [0, 0.05) is 5.56 Å². The van der Waals surface area contributed by atoms with Crippen molar-refractivity contribution in [2.24, 2.45) is 0 Å². The zero-order valence-electron chi connectivity index (χ0n) is 14.1. The van der Waals surface area contributed by atoms with Crippen LogP contribution in [0.15, 0.2) is 53.1 Å². The zero-order chi connectivity index (χ0) is 17.6. The molecule has 0 aliphatic rings. The summed E-state index contributed by atoms with van der Waals surface area (Å²) in [5, 5.41) is 13.4. The molecule has 3 aromatic rings. The average molecular weight is 331 g/mol. The third kappa shape index (κ3) is 3.93. The van der Waals surface area contributed by atoms with Crippen LogP contribution in [0.4, 0.5) is 0 Å². The van der Waals surface area contributed by atoms with Gasteiger partial charge in [-0.25, -0.2) is 0 Å². The predicted molar refractivity (Wildman–Crippen MR) is 95.6 cm³/mol. The normalized spacial score (nSPS) is 11.2. The van der Waals surface area contributed by atoms with Crippen LogP contribution in [0.1, 0.15) is 23.9 Å². The van der Waals surface area contributed by atoms with Crippen molar-refractivity contribution in [3.63, 3.8) is 0 Å². The Labute approximate surface area is 146 Å². The minimum absolute atomic E-state index is 0.201. The van der Waals surface area contributed by atoms with Gasteiger partial charge in [-0.3, -0.25) is 0 Å². The average Bonchev–Trinajstić information content (AvgIpc) is 3.12. The Morgan fingerprint density at radius 2 is 1.88 bits per heavy atom. The molecule has 124 valence electrons. The first kappa shape index (κ1) is 16.5. The minimum Gasteiger partial charge on any atom is -0.494 e. The molecule has 0 N–H and O–H groups in total. The molecule has 0 unspecified atom stereocenters. The maximum atomic E-state index is 9.43. The van der Waals surface area contributed by atoms with E-state index in [1.165, 1.54) is 0 Å². The Hall–Kier alpha value is -3.39. The molecule has 0 radical (unpaired) electrons. The Morgan fingerprint density at radius 1 is 1.16 bits per heavy atom. The standard InChI is InChI=1S/C20H17N3O2/c1-3-24-18-10-6-15(7-11-18)12-17(13-21)20-22-19(23-25-20)16-8-4-14(2)5-9-16/h4-12H,3H2,1-2H3/b17-12+. The first-order chi connectivity index (χ1) is 12.2. The van der Waals surface area contributed by atoms with E-state index in [0.717, 1.165) is 22.4 Å². The van der Waals surface area contributed by atoms with Gasteiger partial charge in [-0.2, -0.15) is 10.2 Å². The summed E-state index contributed by atoms with van der Waals surface area (Å²) < 4.78 is 10.7. The SMILES string of the molecule is CCOc1ccc(/C=C(\C#N)c2nc(-c3ccc(C)cc3)no2)cc1. The van der Waals surface area contributed by atoms with E-state index in [4.69, 9.17) is 9.26 Å². The van der Waals surface area contributed by atoms with Crippen molar-refractivity contribution >= 4 is 11.6 Å². The number of allylic oxidation sites excluding steroid dienone is 1. The number of nitrogens with zero attached hydrogens (tertiary/aromatic N) is 3. The molecular formula is C20H17N3O2. The number of aromatic nitrogens is 2. The van der Waals surface area contributed by atoms with Gasteiger partial charge in [0.2, 0.25) is 5.82 Å². The van der Waals surface area contributed by atoms with Gasteiger partial charge in [0.1, 0.15) is 17.4 Å². The van der Waals surface area contributed by atoms with Crippen molar-refractivity contribution in [3.05, 3.63) is 65.5 Å².